The first-order valence-electron chi connectivity index (χ1n) is 36.4. The molecule has 9 nitrogen and oxygen atoms in total. The second-order valence-electron chi connectivity index (χ2n) is 29.9. The van der Waals surface area contributed by atoms with Gasteiger partial charge in [-0.1, -0.05) is 379 Å². The van der Waals surface area contributed by atoms with Crippen LogP contribution in [0.3, 0.4) is 0 Å². The molecule has 0 radical (unpaired) electrons. The summed E-state index contributed by atoms with van der Waals surface area (Å²) in [6.45, 7) is 39.2. The van der Waals surface area contributed by atoms with Gasteiger partial charge in [0.1, 0.15) is 0 Å². The summed E-state index contributed by atoms with van der Waals surface area (Å²) in [7, 11) is -2.63. The van der Waals surface area contributed by atoms with Crippen LogP contribution < -0.4 is 15.3 Å². The molecular weight excluding hydrogens is 1500 g/mol. The summed E-state index contributed by atoms with van der Waals surface area (Å²) in [5.74, 6) is 0. The van der Waals surface area contributed by atoms with E-state index in [9.17, 15) is 0 Å². The molecule has 10 aromatic rings. The van der Waals surface area contributed by atoms with Gasteiger partial charge < -0.3 is 40.7 Å². The monoisotopic (exact) mass is 1610 g/mol. The molecule has 0 spiro atoms. The standard InChI is InChI=1S/C42H33O3P.3C13H20N.C5H5N.2C4H8O.Ag.Nb/c43-40(37(31-19-7-1-8-20-31)32-21-9-2-10-22-32)46(41(44)38(33-23-11-3-12-24-33)34-25-13-4-14-26-34)42(45)39(35-27-15-5-16-28-35)36-29-17-6-18-30-36;3*1-10-6-11(2)8-12(7-10)14-9-13(3,4)5;1-2-4-6-5-3-1;2*1-2-4-5-3-1;;/h1-30,43-45H;3*6-8H,9H2,1-5H3;1-5H;2*1-4H2;;/q;3*-1;;;;+1;+5/p-3. The number of nitrogens with zero attached hydrogens (tertiary/aromatic N) is 4. The van der Waals surface area contributed by atoms with Gasteiger partial charge in [-0.3, -0.25) is 4.98 Å². The maximum Gasteiger partial charge on any atom is 5.00 e. The van der Waals surface area contributed by atoms with Gasteiger partial charge in [0, 0.05) is 38.8 Å². The second-order valence-corrected chi connectivity index (χ2v) is 31.8. The molecule has 0 aliphatic carbocycles. The first-order valence-corrected chi connectivity index (χ1v) is 37.7. The Hall–Kier alpha value is -8.02. The Morgan fingerprint density at radius 3 is 0.651 bits per heavy atom. The van der Waals surface area contributed by atoms with Gasteiger partial charge in [-0.2, -0.15) is 0 Å². The van der Waals surface area contributed by atoms with E-state index in [2.05, 4.69) is 179 Å². The van der Waals surface area contributed by atoms with Gasteiger partial charge in [0.15, 0.2) is 0 Å². The minimum absolute atomic E-state index is 0. The molecule has 3 heterocycles. The van der Waals surface area contributed by atoms with Crippen LogP contribution in [0, 0.1) is 57.8 Å². The third-order valence-corrected chi connectivity index (χ3v) is 17.6. The van der Waals surface area contributed by atoms with E-state index in [0.717, 1.165) is 63.1 Å². The van der Waals surface area contributed by atoms with Crippen LogP contribution in [0.1, 0.15) is 155 Å². The normalized spacial score (nSPS) is 11.9. The predicted octanol–water partition coefficient (Wildman–Crippen LogP) is 23.5. The summed E-state index contributed by atoms with van der Waals surface area (Å²) in [5, 5.41) is 59.4. The number of hydrogen-bond donors (Lipinski definition) is 0. The van der Waals surface area contributed by atoms with Crippen molar-refractivity contribution in [2.45, 2.75) is 130 Å². The minimum Gasteiger partial charge on any atom is -0.871 e. The van der Waals surface area contributed by atoms with E-state index in [1.54, 1.807) is 12.4 Å². The Morgan fingerprint density at radius 1 is 0.321 bits per heavy atom. The topological polar surface area (TPSA) is 143 Å². The third-order valence-electron chi connectivity index (χ3n) is 15.7. The Kier molecular flexibility index (Phi) is 40.6. The van der Waals surface area contributed by atoms with Gasteiger partial charge >= 0.3 is 44.8 Å². The zero-order valence-electron chi connectivity index (χ0n) is 65.2. The fourth-order valence-corrected chi connectivity index (χ4v) is 12.9. The molecule has 0 N–H and O–H groups in total. The molecule has 558 valence electrons. The van der Waals surface area contributed by atoms with Crippen LogP contribution in [-0.4, -0.2) is 51.0 Å². The molecule has 0 saturated carbocycles. The molecule has 0 amide bonds. The van der Waals surface area contributed by atoms with Crippen LogP contribution in [0.5, 0.6) is 0 Å². The molecule has 106 heavy (non-hydrogen) atoms. The third kappa shape index (κ3) is 34.7. The number of benzene rings is 9. The van der Waals surface area contributed by atoms with Crippen molar-refractivity contribution in [3.63, 3.8) is 0 Å². The zero-order valence-corrected chi connectivity index (χ0v) is 69.8. The molecule has 12 heteroatoms. The Morgan fingerprint density at radius 2 is 0.509 bits per heavy atom. The van der Waals surface area contributed by atoms with E-state index >= 15 is 15.3 Å². The first kappa shape index (κ1) is 90.4. The molecule has 9 aromatic carbocycles. The van der Waals surface area contributed by atoms with E-state index in [1.807, 2.05) is 200 Å². The number of aromatic nitrogens is 1. The predicted molar refractivity (Wildman–Crippen MR) is 438 cm³/mol. The fraction of sp³-hybridized carbons (Fsp3) is 0.309. The molecule has 2 saturated heterocycles. The van der Waals surface area contributed by atoms with Gasteiger partial charge in [0.2, 0.25) is 0 Å². The quantitative estimate of drug-likeness (QED) is 0.0568. The Bertz CT molecular complexity index is 3550. The fourth-order valence-electron chi connectivity index (χ4n) is 10.9. The average molecular weight is 1610 g/mol. The molecule has 0 atom stereocenters. The average Bonchev–Trinajstić information content (AvgIpc) is 0.859. The van der Waals surface area contributed by atoms with E-state index in [1.165, 1.54) is 59.1 Å². The first-order chi connectivity index (χ1) is 49.7. The van der Waals surface area contributed by atoms with Crippen LogP contribution in [0.4, 0.5) is 17.1 Å². The summed E-state index contributed by atoms with van der Waals surface area (Å²) >= 11 is 0. The summed E-state index contributed by atoms with van der Waals surface area (Å²) in [4.78, 5) is 3.78. The molecule has 0 bridgehead atoms. The van der Waals surface area contributed by atoms with Crippen molar-refractivity contribution in [3.8, 4) is 0 Å². The van der Waals surface area contributed by atoms with Crippen molar-refractivity contribution in [1.29, 1.82) is 0 Å². The van der Waals surface area contributed by atoms with Gasteiger partial charge in [0.25, 0.3) is 0 Å². The molecule has 2 fully saturated rings. The minimum atomic E-state index is -2.63. The summed E-state index contributed by atoms with van der Waals surface area (Å²) in [6.07, 6.45) is 8.61. The second kappa shape index (κ2) is 47.6. The smallest absolute Gasteiger partial charge is 0.871 e. The number of ether oxygens (including phenoxy) is 2. The van der Waals surface area contributed by atoms with Gasteiger partial charge in [-0.05, 0) is 129 Å². The van der Waals surface area contributed by atoms with Crippen LogP contribution in [0.2, 0.25) is 0 Å². The largest absolute Gasteiger partial charge is 5.00 e. The van der Waals surface area contributed by atoms with E-state index in [-0.39, 0.29) is 61.0 Å². The summed E-state index contributed by atoms with van der Waals surface area (Å²) in [6, 6.07) is 80.8. The molecule has 1 aromatic heterocycles. The molecule has 12 rings (SSSR count). The van der Waals surface area contributed by atoms with E-state index < -0.39 is 24.4 Å². The Labute approximate surface area is 669 Å². The van der Waals surface area contributed by atoms with Gasteiger partial charge in [-0.25, -0.2) is 0 Å². The van der Waals surface area contributed by atoms with Crippen LogP contribution in [0.15, 0.2) is 284 Å². The van der Waals surface area contributed by atoms with Gasteiger partial charge in [-0.15, -0.1) is 36.7 Å². The van der Waals surface area contributed by atoms with Crippen LogP contribution >= 0.6 is 7.92 Å². The van der Waals surface area contributed by atoms with Gasteiger partial charge in [0.05, 0.1) is 0 Å². The molecular formula is C94H111AgN4NbO5P. The number of rotatable bonds is 15. The number of pyridine rings is 1. The maximum absolute atomic E-state index is 15.2. The summed E-state index contributed by atoms with van der Waals surface area (Å²) in [5.41, 5.74) is 15.3. The van der Waals surface area contributed by atoms with Crippen LogP contribution in [0.25, 0.3) is 32.7 Å². The van der Waals surface area contributed by atoms with Crippen molar-refractivity contribution in [1.82, 2.24) is 4.98 Å². The van der Waals surface area contributed by atoms with E-state index in [0.29, 0.717) is 50.1 Å². The maximum atomic E-state index is 15.2. The van der Waals surface area contributed by atoms with Crippen molar-refractivity contribution in [2.75, 3.05) is 46.1 Å². The van der Waals surface area contributed by atoms with Crippen molar-refractivity contribution in [2.24, 2.45) is 16.2 Å². The van der Waals surface area contributed by atoms with Crippen LogP contribution in [-0.2, 0) is 54.2 Å². The van der Waals surface area contributed by atoms with Crippen molar-refractivity contribution < 1.29 is 69.6 Å². The zero-order chi connectivity index (χ0) is 75.3. The van der Waals surface area contributed by atoms with Crippen molar-refractivity contribution in [3.05, 3.63) is 366 Å². The summed E-state index contributed by atoms with van der Waals surface area (Å²) < 4.78 is 9.89. The molecule has 0 unspecified atom stereocenters. The van der Waals surface area contributed by atoms with Crippen molar-refractivity contribution >= 4 is 41.7 Å². The SMILES string of the molecule is C1CCOC1.C1CCOC1.Cc1cc(C)cc([N-]CC(C)(C)C)c1.Cc1cc(C)cc([N-]CC(C)(C)C)c1.Cc1cc(C)cc([N-]CC(C)(C)C)c1.[Ag+].[Nb+5].[O-]C(=C(c1ccccc1)c1ccccc1)P(C([O-])=C(c1ccccc1)c1ccccc1)C([O-])=C(c1ccccc1)c1ccccc1.c1ccncc1. The Balaban J connectivity index is 0.000000319. The number of aryl methyl sites for hydroxylation is 6. The molecule has 2 aliphatic rings. The molecule has 2 aliphatic heterocycles. The number of hydrogen-bond acceptors (Lipinski definition) is 6. The van der Waals surface area contributed by atoms with E-state index in [4.69, 9.17) is 9.47 Å².